The third-order valence-corrected chi connectivity index (χ3v) is 4.98. The third-order valence-electron chi connectivity index (χ3n) is 4.98. The molecule has 6 nitrogen and oxygen atoms in total. The van der Waals surface area contributed by atoms with E-state index in [0.29, 0.717) is 13.2 Å². The monoisotopic (exact) mass is 392 g/mol. The van der Waals surface area contributed by atoms with Crippen molar-refractivity contribution in [3.8, 4) is 5.75 Å². The zero-order chi connectivity index (χ0) is 18.7. The molecular formula is C20H29ClN4O2. The molecule has 7 heteroatoms. The van der Waals surface area contributed by atoms with Crippen molar-refractivity contribution >= 4 is 18.3 Å². The van der Waals surface area contributed by atoms with E-state index in [2.05, 4.69) is 15.7 Å². The van der Waals surface area contributed by atoms with Crippen molar-refractivity contribution in [2.45, 2.75) is 32.7 Å². The fourth-order valence-corrected chi connectivity index (χ4v) is 3.56. The molecule has 0 radical (unpaired) electrons. The molecule has 0 spiro atoms. The van der Waals surface area contributed by atoms with Crippen molar-refractivity contribution in [2.24, 2.45) is 13.0 Å². The highest BCUT2D eigenvalue weighted by Gasteiger charge is 2.35. The van der Waals surface area contributed by atoms with Crippen LogP contribution in [0.5, 0.6) is 5.75 Å². The first kappa shape index (κ1) is 21.3. The smallest absolute Gasteiger partial charge is 0.225 e. The van der Waals surface area contributed by atoms with Gasteiger partial charge in [0.1, 0.15) is 12.4 Å². The standard InChI is InChI=1S/C20H28N4O2.ClH/c1-13-6-5-7-14(2)19(13)26-12-15(3)23-20(25)18-10-21-9-17(18)16-8-22-24(4)11-16;/h5-8,11,15,17-18,21H,9-10,12H2,1-4H3,(H,23,25);1H/t15?,17-,18+;/m1./s1. The maximum Gasteiger partial charge on any atom is 0.225 e. The van der Waals surface area contributed by atoms with Crippen LogP contribution in [0, 0.1) is 19.8 Å². The zero-order valence-electron chi connectivity index (χ0n) is 16.4. The van der Waals surface area contributed by atoms with Gasteiger partial charge in [-0.25, -0.2) is 0 Å². The molecule has 1 unspecified atom stereocenters. The van der Waals surface area contributed by atoms with Crippen LogP contribution >= 0.6 is 12.4 Å². The Bertz CT molecular complexity index is 757. The van der Waals surface area contributed by atoms with Gasteiger partial charge in [0, 0.05) is 32.3 Å². The maximum atomic E-state index is 12.8. The minimum Gasteiger partial charge on any atom is -0.491 e. The van der Waals surface area contributed by atoms with Gasteiger partial charge in [-0.3, -0.25) is 9.48 Å². The van der Waals surface area contributed by atoms with Crippen molar-refractivity contribution in [3.63, 3.8) is 0 Å². The number of aryl methyl sites for hydroxylation is 3. The number of benzene rings is 1. The SMILES string of the molecule is Cc1cccc(C)c1OCC(C)NC(=O)[C@H]1CNC[C@@H]1c1cnn(C)c1.Cl. The number of nitrogens with zero attached hydrogens (tertiary/aromatic N) is 2. The lowest BCUT2D eigenvalue weighted by Crippen LogP contribution is -2.42. The van der Waals surface area contributed by atoms with E-state index in [-0.39, 0.29) is 36.2 Å². The molecule has 2 aromatic rings. The van der Waals surface area contributed by atoms with Gasteiger partial charge in [0.15, 0.2) is 0 Å². The highest BCUT2D eigenvalue weighted by Crippen LogP contribution is 2.28. The molecule has 1 aliphatic heterocycles. The number of hydrogen-bond donors (Lipinski definition) is 2. The summed E-state index contributed by atoms with van der Waals surface area (Å²) in [5.74, 6) is 1.06. The van der Waals surface area contributed by atoms with Crippen molar-refractivity contribution in [2.75, 3.05) is 19.7 Å². The molecule has 2 N–H and O–H groups in total. The Balaban J connectivity index is 0.00000261. The number of ether oxygens (including phenoxy) is 1. The number of nitrogens with one attached hydrogen (secondary N) is 2. The van der Waals surface area contributed by atoms with Gasteiger partial charge >= 0.3 is 0 Å². The van der Waals surface area contributed by atoms with E-state index in [1.54, 1.807) is 4.68 Å². The number of carbonyl (C=O) groups is 1. The Morgan fingerprint density at radius 3 is 2.70 bits per heavy atom. The maximum absolute atomic E-state index is 12.8. The van der Waals surface area contributed by atoms with E-state index >= 15 is 0 Å². The largest absolute Gasteiger partial charge is 0.491 e. The highest BCUT2D eigenvalue weighted by molar-refractivity contribution is 5.85. The fraction of sp³-hybridized carbons (Fsp3) is 0.500. The van der Waals surface area contributed by atoms with Crippen LogP contribution in [-0.2, 0) is 11.8 Å². The van der Waals surface area contributed by atoms with Crippen molar-refractivity contribution in [1.29, 1.82) is 0 Å². The molecule has 3 rings (SSSR count). The van der Waals surface area contributed by atoms with Crippen molar-refractivity contribution < 1.29 is 9.53 Å². The molecule has 0 aliphatic carbocycles. The van der Waals surface area contributed by atoms with Crippen LogP contribution in [-0.4, -0.2) is 41.4 Å². The first-order valence-electron chi connectivity index (χ1n) is 9.14. The number of carbonyl (C=O) groups excluding carboxylic acids is 1. The molecule has 1 amide bonds. The van der Waals surface area contributed by atoms with Gasteiger partial charge in [0.05, 0.1) is 18.2 Å². The Morgan fingerprint density at radius 1 is 1.37 bits per heavy atom. The van der Waals surface area contributed by atoms with Gasteiger partial charge in [-0.1, -0.05) is 18.2 Å². The lowest BCUT2D eigenvalue weighted by molar-refractivity contribution is -0.125. The van der Waals surface area contributed by atoms with Crippen molar-refractivity contribution in [1.82, 2.24) is 20.4 Å². The average molecular weight is 393 g/mol. The minimum absolute atomic E-state index is 0. The molecule has 1 aliphatic rings. The van der Waals surface area contributed by atoms with Crippen LogP contribution in [0.25, 0.3) is 0 Å². The molecule has 148 valence electrons. The molecule has 1 aromatic heterocycles. The molecule has 0 bridgehead atoms. The normalized spacial score (nSPS) is 20.0. The number of hydrogen-bond acceptors (Lipinski definition) is 4. The predicted molar refractivity (Wildman–Crippen MR) is 109 cm³/mol. The molecular weight excluding hydrogens is 364 g/mol. The lowest BCUT2D eigenvalue weighted by Gasteiger charge is -2.21. The van der Waals surface area contributed by atoms with Gasteiger partial charge in [-0.2, -0.15) is 5.10 Å². The summed E-state index contributed by atoms with van der Waals surface area (Å²) in [5, 5.41) is 10.7. The number of halogens is 1. The van der Waals surface area contributed by atoms with Crippen LogP contribution < -0.4 is 15.4 Å². The Kier molecular flexibility index (Phi) is 7.27. The molecule has 1 saturated heterocycles. The zero-order valence-corrected chi connectivity index (χ0v) is 17.2. The second-order valence-corrected chi connectivity index (χ2v) is 7.26. The Labute approximate surface area is 167 Å². The second kappa shape index (κ2) is 9.24. The summed E-state index contributed by atoms with van der Waals surface area (Å²) in [6, 6.07) is 6.04. The number of rotatable bonds is 6. The Hall–Kier alpha value is -2.05. The average Bonchev–Trinajstić information content (AvgIpc) is 3.22. The quantitative estimate of drug-likeness (QED) is 0.791. The summed E-state index contributed by atoms with van der Waals surface area (Å²) >= 11 is 0. The summed E-state index contributed by atoms with van der Waals surface area (Å²) in [7, 11) is 1.90. The third kappa shape index (κ3) is 5.02. The Morgan fingerprint density at radius 2 is 2.07 bits per heavy atom. The summed E-state index contributed by atoms with van der Waals surface area (Å²) < 4.78 is 7.75. The van der Waals surface area contributed by atoms with Crippen LogP contribution in [0.15, 0.2) is 30.6 Å². The molecule has 27 heavy (non-hydrogen) atoms. The van der Waals surface area contributed by atoms with E-state index in [9.17, 15) is 4.79 Å². The highest BCUT2D eigenvalue weighted by atomic mass is 35.5. The summed E-state index contributed by atoms with van der Waals surface area (Å²) in [6.45, 7) is 8.00. The van der Waals surface area contributed by atoms with Crippen LogP contribution in [0.4, 0.5) is 0 Å². The molecule has 1 fully saturated rings. The second-order valence-electron chi connectivity index (χ2n) is 7.26. The van der Waals surface area contributed by atoms with Gasteiger partial charge in [-0.05, 0) is 37.5 Å². The predicted octanol–water partition coefficient (Wildman–Crippen LogP) is 2.35. The topological polar surface area (TPSA) is 68.2 Å². The fourth-order valence-electron chi connectivity index (χ4n) is 3.56. The molecule has 2 heterocycles. The van der Waals surface area contributed by atoms with Gasteiger partial charge in [0.25, 0.3) is 0 Å². The van der Waals surface area contributed by atoms with Gasteiger partial charge in [0.2, 0.25) is 5.91 Å². The summed E-state index contributed by atoms with van der Waals surface area (Å²) in [6.07, 6.45) is 3.84. The first-order valence-corrected chi connectivity index (χ1v) is 9.14. The van der Waals surface area contributed by atoms with Crippen LogP contribution in [0.1, 0.15) is 29.5 Å². The van der Waals surface area contributed by atoms with Gasteiger partial charge < -0.3 is 15.4 Å². The van der Waals surface area contributed by atoms with E-state index < -0.39 is 0 Å². The van der Waals surface area contributed by atoms with Crippen LogP contribution in [0.3, 0.4) is 0 Å². The number of aromatic nitrogens is 2. The molecule has 3 atom stereocenters. The van der Waals surface area contributed by atoms with E-state index in [1.165, 1.54) is 0 Å². The first-order chi connectivity index (χ1) is 12.5. The lowest BCUT2D eigenvalue weighted by atomic mass is 9.90. The molecule has 0 saturated carbocycles. The molecule has 1 aromatic carbocycles. The summed E-state index contributed by atoms with van der Waals surface area (Å²) in [5.41, 5.74) is 3.33. The van der Waals surface area contributed by atoms with E-state index in [4.69, 9.17) is 4.74 Å². The van der Waals surface area contributed by atoms with E-state index in [0.717, 1.165) is 29.0 Å². The van der Waals surface area contributed by atoms with Gasteiger partial charge in [-0.15, -0.1) is 12.4 Å². The van der Waals surface area contributed by atoms with Crippen LogP contribution in [0.2, 0.25) is 0 Å². The summed E-state index contributed by atoms with van der Waals surface area (Å²) in [4.78, 5) is 12.8. The minimum atomic E-state index is -0.0816. The number of para-hydroxylation sites is 1. The van der Waals surface area contributed by atoms with E-state index in [1.807, 2.05) is 58.4 Å². The number of amides is 1. The van der Waals surface area contributed by atoms with Crippen molar-refractivity contribution in [3.05, 3.63) is 47.3 Å².